The first-order chi connectivity index (χ1) is 14.7. The topological polar surface area (TPSA) is 57.4 Å². The van der Waals surface area contributed by atoms with Crippen LogP contribution in [0.25, 0.3) is 22.2 Å². The van der Waals surface area contributed by atoms with Crippen molar-refractivity contribution in [2.75, 3.05) is 26.7 Å². The van der Waals surface area contributed by atoms with Crippen LogP contribution in [0.2, 0.25) is 0 Å². The molecule has 1 aromatic heterocycles. The largest absolute Gasteiger partial charge is 0.497 e. The lowest BCUT2D eigenvalue weighted by molar-refractivity contribution is -0.121. The van der Waals surface area contributed by atoms with Gasteiger partial charge in [0.2, 0.25) is 5.91 Å². The number of carbonyl (C=O) groups is 1. The lowest BCUT2D eigenvalue weighted by Gasteiger charge is -2.22. The Balaban J connectivity index is 1.48. The molecule has 1 aliphatic rings. The SMILES string of the molecule is CCN1CCCC1CNC(=O)CCc1c(-c2ccc(OC)cc2)[nH]c2ccccc12. The Hall–Kier alpha value is -2.79. The summed E-state index contributed by atoms with van der Waals surface area (Å²) in [6, 6.07) is 16.9. The Morgan fingerprint density at radius 3 is 2.77 bits per heavy atom. The minimum absolute atomic E-state index is 0.129. The number of likely N-dealkylation sites (tertiary alicyclic amines) is 1. The molecular weight excluding hydrogens is 374 g/mol. The van der Waals surface area contributed by atoms with Gasteiger partial charge in [0.05, 0.1) is 7.11 Å². The van der Waals surface area contributed by atoms with Crippen LogP contribution < -0.4 is 10.1 Å². The van der Waals surface area contributed by atoms with Gasteiger partial charge in [0, 0.05) is 35.6 Å². The van der Waals surface area contributed by atoms with Crippen molar-refractivity contribution < 1.29 is 9.53 Å². The molecule has 1 atom stereocenters. The first-order valence-electron chi connectivity index (χ1n) is 10.9. The number of rotatable bonds is 8. The summed E-state index contributed by atoms with van der Waals surface area (Å²) < 4.78 is 5.29. The number of fused-ring (bicyclic) bond motifs is 1. The maximum atomic E-state index is 12.6. The van der Waals surface area contributed by atoms with Gasteiger partial charge in [0.15, 0.2) is 0 Å². The van der Waals surface area contributed by atoms with E-state index in [0.29, 0.717) is 18.9 Å². The lowest BCUT2D eigenvalue weighted by atomic mass is 10.0. The zero-order valence-electron chi connectivity index (χ0n) is 17.9. The molecule has 0 spiro atoms. The van der Waals surface area contributed by atoms with Crippen molar-refractivity contribution in [3.63, 3.8) is 0 Å². The third-order valence-corrected chi connectivity index (χ3v) is 6.23. The highest BCUT2D eigenvalue weighted by atomic mass is 16.5. The molecule has 3 aromatic rings. The number of amides is 1. The number of hydrogen-bond donors (Lipinski definition) is 2. The molecule has 158 valence electrons. The lowest BCUT2D eigenvalue weighted by Crippen LogP contribution is -2.40. The van der Waals surface area contributed by atoms with Gasteiger partial charge in [-0.1, -0.05) is 25.1 Å². The Morgan fingerprint density at radius 2 is 2.00 bits per heavy atom. The minimum Gasteiger partial charge on any atom is -0.497 e. The number of aromatic nitrogens is 1. The smallest absolute Gasteiger partial charge is 0.220 e. The number of para-hydroxylation sites is 1. The highest BCUT2D eigenvalue weighted by Crippen LogP contribution is 2.32. The van der Waals surface area contributed by atoms with E-state index < -0.39 is 0 Å². The number of aromatic amines is 1. The summed E-state index contributed by atoms with van der Waals surface area (Å²) in [5.41, 5.74) is 4.48. The Labute approximate surface area is 178 Å². The van der Waals surface area contributed by atoms with E-state index in [9.17, 15) is 4.79 Å². The molecule has 5 heteroatoms. The Morgan fingerprint density at radius 1 is 1.20 bits per heavy atom. The predicted molar refractivity (Wildman–Crippen MR) is 122 cm³/mol. The Kier molecular flexibility index (Phi) is 6.38. The second kappa shape index (κ2) is 9.35. The maximum absolute atomic E-state index is 12.6. The number of benzene rings is 2. The molecule has 1 aliphatic heterocycles. The van der Waals surface area contributed by atoms with E-state index in [1.807, 2.05) is 18.2 Å². The highest BCUT2D eigenvalue weighted by molar-refractivity contribution is 5.91. The van der Waals surface area contributed by atoms with Gasteiger partial charge in [-0.05, 0) is 73.8 Å². The van der Waals surface area contributed by atoms with E-state index in [4.69, 9.17) is 4.74 Å². The van der Waals surface area contributed by atoms with Crippen molar-refractivity contribution >= 4 is 16.8 Å². The van der Waals surface area contributed by atoms with Crippen LogP contribution in [0.15, 0.2) is 48.5 Å². The normalized spacial score (nSPS) is 16.8. The molecule has 0 bridgehead atoms. The van der Waals surface area contributed by atoms with Crippen molar-refractivity contribution in [3.05, 3.63) is 54.1 Å². The fourth-order valence-electron chi connectivity index (χ4n) is 4.57. The van der Waals surface area contributed by atoms with Crippen LogP contribution in [-0.2, 0) is 11.2 Å². The van der Waals surface area contributed by atoms with Crippen molar-refractivity contribution in [2.24, 2.45) is 0 Å². The predicted octanol–water partition coefficient (Wildman–Crippen LogP) is 4.38. The summed E-state index contributed by atoms with van der Waals surface area (Å²) in [4.78, 5) is 18.6. The Bertz CT molecular complexity index is 993. The fraction of sp³-hybridized carbons (Fsp3) is 0.400. The monoisotopic (exact) mass is 405 g/mol. The molecule has 1 amide bonds. The van der Waals surface area contributed by atoms with Gasteiger partial charge in [-0.3, -0.25) is 9.69 Å². The molecule has 1 saturated heterocycles. The average Bonchev–Trinajstić information content (AvgIpc) is 3.40. The van der Waals surface area contributed by atoms with Crippen molar-refractivity contribution in [1.82, 2.24) is 15.2 Å². The molecule has 30 heavy (non-hydrogen) atoms. The molecule has 2 heterocycles. The second-order valence-electron chi connectivity index (χ2n) is 7.98. The number of ether oxygens (including phenoxy) is 1. The van der Waals surface area contributed by atoms with E-state index >= 15 is 0 Å². The summed E-state index contributed by atoms with van der Waals surface area (Å²) in [6.07, 6.45) is 3.61. The van der Waals surface area contributed by atoms with Gasteiger partial charge < -0.3 is 15.0 Å². The first kappa shape index (κ1) is 20.5. The quantitative estimate of drug-likeness (QED) is 0.585. The van der Waals surface area contributed by atoms with E-state index in [1.165, 1.54) is 23.8 Å². The van der Waals surface area contributed by atoms with Crippen LogP contribution in [0.4, 0.5) is 0 Å². The standard InChI is InChI=1S/C25H31N3O2/c1-3-28-16-6-7-19(28)17-26-24(29)15-14-22-21-8-4-5-9-23(21)27-25(22)18-10-12-20(30-2)13-11-18/h4-5,8-13,19,27H,3,6-7,14-17H2,1-2H3,(H,26,29). The molecule has 2 aromatic carbocycles. The third kappa shape index (κ3) is 4.36. The number of likely N-dealkylation sites (N-methyl/N-ethyl adjacent to an activating group) is 1. The number of carbonyl (C=O) groups excluding carboxylic acids is 1. The van der Waals surface area contributed by atoms with Gasteiger partial charge in [-0.15, -0.1) is 0 Å². The molecule has 0 saturated carbocycles. The summed E-state index contributed by atoms with van der Waals surface area (Å²) in [6.45, 7) is 5.16. The first-order valence-corrected chi connectivity index (χ1v) is 10.9. The third-order valence-electron chi connectivity index (χ3n) is 6.23. The highest BCUT2D eigenvalue weighted by Gasteiger charge is 2.23. The van der Waals surface area contributed by atoms with Gasteiger partial charge in [-0.25, -0.2) is 0 Å². The minimum atomic E-state index is 0.129. The summed E-state index contributed by atoms with van der Waals surface area (Å²) in [5.74, 6) is 0.965. The molecule has 0 aliphatic carbocycles. The van der Waals surface area contributed by atoms with Crippen LogP contribution in [-0.4, -0.2) is 48.6 Å². The van der Waals surface area contributed by atoms with E-state index in [-0.39, 0.29) is 5.91 Å². The molecular formula is C25H31N3O2. The summed E-state index contributed by atoms with van der Waals surface area (Å²) >= 11 is 0. The molecule has 1 unspecified atom stereocenters. The van der Waals surface area contributed by atoms with Gasteiger partial charge in [0.1, 0.15) is 5.75 Å². The molecule has 4 rings (SSSR count). The molecule has 1 fully saturated rings. The zero-order chi connectivity index (χ0) is 20.9. The summed E-state index contributed by atoms with van der Waals surface area (Å²) in [7, 11) is 1.67. The second-order valence-corrected chi connectivity index (χ2v) is 7.98. The van der Waals surface area contributed by atoms with Crippen LogP contribution in [0.3, 0.4) is 0 Å². The van der Waals surface area contributed by atoms with Crippen molar-refractivity contribution in [1.29, 1.82) is 0 Å². The zero-order valence-corrected chi connectivity index (χ0v) is 17.9. The maximum Gasteiger partial charge on any atom is 0.220 e. The number of nitrogens with one attached hydrogen (secondary N) is 2. The van der Waals surface area contributed by atoms with Crippen molar-refractivity contribution in [3.8, 4) is 17.0 Å². The number of nitrogens with zero attached hydrogens (tertiary/aromatic N) is 1. The van der Waals surface area contributed by atoms with Crippen LogP contribution in [0, 0.1) is 0 Å². The molecule has 2 N–H and O–H groups in total. The van der Waals surface area contributed by atoms with Gasteiger partial charge >= 0.3 is 0 Å². The van der Waals surface area contributed by atoms with Crippen LogP contribution >= 0.6 is 0 Å². The van der Waals surface area contributed by atoms with Crippen molar-refractivity contribution in [2.45, 2.75) is 38.6 Å². The number of hydrogen-bond acceptors (Lipinski definition) is 3. The van der Waals surface area contributed by atoms with Crippen LogP contribution in [0.5, 0.6) is 5.75 Å². The van der Waals surface area contributed by atoms with E-state index in [2.05, 4.69) is 52.5 Å². The van der Waals surface area contributed by atoms with Crippen LogP contribution in [0.1, 0.15) is 31.7 Å². The fourth-order valence-corrected chi connectivity index (χ4v) is 4.57. The van der Waals surface area contributed by atoms with E-state index in [1.54, 1.807) is 7.11 Å². The molecule has 0 radical (unpaired) electrons. The molecule has 5 nitrogen and oxygen atoms in total. The van der Waals surface area contributed by atoms with E-state index in [0.717, 1.165) is 42.2 Å². The summed E-state index contributed by atoms with van der Waals surface area (Å²) in [5, 5.41) is 4.35. The number of H-pyrrole nitrogens is 1. The number of aryl methyl sites for hydroxylation is 1. The average molecular weight is 406 g/mol. The van der Waals surface area contributed by atoms with Gasteiger partial charge in [-0.2, -0.15) is 0 Å². The van der Waals surface area contributed by atoms with Gasteiger partial charge in [0.25, 0.3) is 0 Å². The number of methoxy groups -OCH3 is 1.